The molecule has 0 bridgehead atoms. The van der Waals surface area contributed by atoms with Gasteiger partial charge in [-0.25, -0.2) is 4.98 Å². The lowest BCUT2D eigenvalue weighted by Crippen LogP contribution is -2.13. The van der Waals surface area contributed by atoms with Gasteiger partial charge in [-0.05, 0) is 48.0 Å². The third-order valence-corrected chi connectivity index (χ3v) is 3.81. The summed E-state index contributed by atoms with van der Waals surface area (Å²) in [5.41, 5.74) is 10.1. The minimum absolute atomic E-state index is 0.162. The highest BCUT2D eigenvalue weighted by Gasteiger charge is 2.10. The van der Waals surface area contributed by atoms with Crippen LogP contribution in [0, 0.1) is 0 Å². The second-order valence-corrected chi connectivity index (χ2v) is 5.81. The molecule has 6 heteroatoms. The Morgan fingerprint density at radius 1 is 0.962 bits per heavy atom. The molecule has 3 aromatic rings. The Balaban J connectivity index is 1.79. The molecule has 5 N–H and O–H groups in total. The van der Waals surface area contributed by atoms with Crippen LogP contribution in [0.4, 0.5) is 17.1 Å². The molecule has 0 unspecified atom stereocenters. The number of anilines is 3. The van der Waals surface area contributed by atoms with Crippen molar-refractivity contribution in [2.75, 3.05) is 16.4 Å². The van der Waals surface area contributed by atoms with Gasteiger partial charge in [0.25, 0.3) is 5.91 Å². The number of nitrogens with two attached hydrogens (primary N) is 1. The van der Waals surface area contributed by atoms with E-state index in [1.54, 1.807) is 30.3 Å². The van der Waals surface area contributed by atoms with Gasteiger partial charge in [-0.2, -0.15) is 0 Å². The van der Waals surface area contributed by atoms with Crippen LogP contribution in [-0.4, -0.2) is 11.8 Å². The molecule has 0 fully saturated rings. The number of carbonyl (C=O) groups excluding carboxylic acids is 2. The average Bonchev–Trinajstić information content (AvgIpc) is 2.64. The van der Waals surface area contributed by atoms with Crippen LogP contribution in [0.15, 0.2) is 67.0 Å². The Morgan fingerprint density at radius 3 is 2.38 bits per heavy atom. The van der Waals surface area contributed by atoms with Crippen LogP contribution >= 0.6 is 0 Å². The summed E-state index contributed by atoms with van der Waals surface area (Å²) in [6, 6.07) is 16.0. The van der Waals surface area contributed by atoms with Gasteiger partial charge in [-0.15, -0.1) is 0 Å². The number of H-pyrrole nitrogens is 1. The van der Waals surface area contributed by atoms with Gasteiger partial charge in [0.15, 0.2) is 12.4 Å². The Kier molecular flexibility index (Phi) is 4.94. The van der Waals surface area contributed by atoms with Gasteiger partial charge in [0.1, 0.15) is 0 Å². The van der Waals surface area contributed by atoms with Crippen LogP contribution < -0.4 is 21.4 Å². The maximum atomic E-state index is 12.5. The van der Waals surface area contributed by atoms with Gasteiger partial charge >= 0.3 is 0 Å². The van der Waals surface area contributed by atoms with Gasteiger partial charge in [0.05, 0.1) is 11.4 Å². The fourth-order valence-electron chi connectivity index (χ4n) is 2.52. The summed E-state index contributed by atoms with van der Waals surface area (Å²) in [5, 5.41) is 5.50. The van der Waals surface area contributed by atoms with Gasteiger partial charge in [-0.3, -0.25) is 9.59 Å². The third-order valence-electron chi connectivity index (χ3n) is 3.81. The van der Waals surface area contributed by atoms with E-state index < -0.39 is 0 Å². The van der Waals surface area contributed by atoms with Crippen molar-refractivity contribution in [3.8, 4) is 11.1 Å². The van der Waals surface area contributed by atoms with E-state index in [-0.39, 0.29) is 11.8 Å². The molecule has 2 aromatic carbocycles. The molecule has 0 atom stereocenters. The minimum Gasteiger partial charge on any atom is -0.397 e. The van der Waals surface area contributed by atoms with E-state index in [1.165, 1.54) is 6.92 Å². The number of pyridine rings is 1. The number of aromatic nitrogens is 1. The van der Waals surface area contributed by atoms with Crippen molar-refractivity contribution in [3.63, 3.8) is 0 Å². The van der Waals surface area contributed by atoms with Crippen LogP contribution in [-0.2, 0) is 4.79 Å². The highest BCUT2D eigenvalue weighted by molar-refractivity contribution is 6.06. The van der Waals surface area contributed by atoms with Crippen LogP contribution in [0.3, 0.4) is 0 Å². The lowest BCUT2D eigenvalue weighted by atomic mass is 10.1. The standard InChI is InChI=1S/C20H18N4O2/c1-13(25)23-17-7-4-14(5-8-17)20(26)24-19-11-15(6-9-18(19)21)16-3-2-10-22-12-16/h2-12H,21H2,1H3,(H,23,25)(H,24,26)/p+1. The maximum Gasteiger partial charge on any atom is 0.255 e. The second-order valence-electron chi connectivity index (χ2n) is 5.81. The lowest BCUT2D eigenvalue weighted by Gasteiger charge is -2.11. The number of aromatic amines is 1. The number of rotatable bonds is 4. The lowest BCUT2D eigenvalue weighted by molar-refractivity contribution is -0.377. The predicted octanol–water partition coefficient (Wildman–Crippen LogP) is 2.96. The van der Waals surface area contributed by atoms with Crippen molar-refractivity contribution in [1.29, 1.82) is 0 Å². The molecule has 3 rings (SSSR count). The molecule has 26 heavy (non-hydrogen) atoms. The molecule has 0 aliphatic carbocycles. The summed E-state index contributed by atoms with van der Waals surface area (Å²) in [4.78, 5) is 26.6. The fourth-order valence-corrected chi connectivity index (χ4v) is 2.52. The van der Waals surface area contributed by atoms with Crippen LogP contribution in [0.2, 0.25) is 0 Å². The molecule has 0 radical (unpaired) electrons. The molecule has 6 nitrogen and oxygen atoms in total. The zero-order valence-corrected chi connectivity index (χ0v) is 14.2. The largest absolute Gasteiger partial charge is 0.397 e. The van der Waals surface area contributed by atoms with Crippen LogP contribution in [0.25, 0.3) is 11.1 Å². The molecule has 1 heterocycles. The van der Waals surface area contributed by atoms with Gasteiger partial charge in [-0.1, -0.05) is 6.07 Å². The number of nitrogen functional groups attached to an aromatic ring is 1. The van der Waals surface area contributed by atoms with Gasteiger partial charge in [0, 0.05) is 29.8 Å². The van der Waals surface area contributed by atoms with Crippen molar-refractivity contribution < 1.29 is 14.6 Å². The van der Waals surface area contributed by atoms with Crippen LogP contribution in [0.5, 0.6) is 0 Å². The van der Waals surface area contributed by atoms with E-state index in [0.29, 0.717) is 22.6 Å². The quantitative estimate of drug-likeness (QED) is 0.633. The molecule has 130 valence electrons. The summed E-state index contributed by atoms with van der Waals surface area (Å²) in [7, 11) is 0. The smallest absolute Gasteiger partial charge is 0.255 e. The number of hydrogen-bond acceptors (Lipinski definition) is 3. The summed E-state index contributed by atoms with van der Waals surface area (Å²) in [6.07, 6.45) is 3.70. The molecular formula is C20H19N4O2+. The molecule has 0 aliphatic heterocycles. The first kappa shape index (κ1) is 17.2. The topological polar surface area (TPSA) is 98.4 Å². The number of nitrogens with one attached hydrogen (secondary N) is 3. The highest BCUT2D eigenvalue weighted by atomic mass is 16.2. The Labute approximate surface area is 151 Å². The van der Waals surface area contributed by atoms with Crippen molar-refractivity contribution >= 4 is 28.9 Å². The first-order chi connectivity index (χ1) is 12.5. The SMILES string of the molecule is CC(=O)Nc1ccc(C(=O)Nc2cc(-c3ccc[nH+]c3)ccc2N)cc1. The van der Waals surface area contributed by atoms with E-state index >= 15 is 0 Å². The summed E-state index contributed by atoms with van der Waals surface area (Å²) in [5.74, 6) is -0.437. The normalized spacial score (nSPS) is 10.2. The van der Waals surface area contributed by atoms with Crippen molar-refractivity contribution in [1.82, 2.24) is 0 Å². The molecule has 0 aliphatic rings. The minimum atomic E-state index is -0.275. The van der Waals surface area contributed by atoms with E-state index in [9.17, 15) is 9.59 Å². The van der Waals surface area contributed by atoms with E-state index in [4.69, 9.17) is 5.73 Å². The summed E-state index contributed by atoms with van der Waals surface area (Å²) < 4.78 is 0. The Morgan fingerprint density at radius 2 is 1.73 bits per heavy atom. The second kappa shape index (κ2) is 7.48. The summed E-state index contributed by atoms with van der Waals surface area (Å²) in [6.45, 7) is 1.43. The maximum absolute atomic E-state index is 12.5. The predicted molar refractivity (Wildman–Crippen MR) is 102 cm³/mol. The average molecular weight is 347 g/mol. The third kappa shape index (κ3) is 4.05. The number of amides is 2. The monoisotopic (exact) mass is 347 g/mol. The van der Waals surface area contributed by atoms with Crippen LogP contribution in [0.1, 0.15) is 17.3 Å². The van der Waals surface area contributed by atoms with Crippen molar-refractivity contribution in [2.24, 2.45) is 0 Å². The zero-order chi connectivity index (χ0) is 18.5. The molecule has 0 saturated carbocycles. The first-order valence-electron chi connectivity index (χ1n) is 8.08. The van der Waals surface area contributed by atoms with Gasteiger partial charge in [0.2, 0.25) is 5.91 Å². The number of hydrogen-bond donors (Lipinski definition) is 3. The van der Waals surface area contributed by atoms with Crippen molar-refractivity contribution in [3.05, 3.63) is 72.6 Å². The molecule has 0 spiro atoms. The molecular weight excluding hydrogens is 328 g/mol. The van der Waals surface area contributed by atoms with Crippen molar-refractivity contribution in [2.45, 2.75) is 6.92 Å². The van der Waals surface area contributed by atoms with E-state index in [1.807, 2.05) is 36.7 Å². The molecule has 1 aromatic heterocycles. The van der Waals surface area contributed by atoms with E-state index in [2.05, 4.69) is 15.6 Å². The van der Waals surface area contributed by atoms with E-state index in [0.717, 1.165) is 11.1 Å². The first-order valence-corrected chi connectivity index (χ1v) is 8.08. The number of carbonyl (C=O) groups is 2. The zero-order valence-electron chi connectivity index (χ0n) is 14.2. The number of benzene rings is 2. The molecule has 0 saturated heterocycles. The summed E-state index contributed by atoms with van der Waals surface area (Å²) >= 11 is 0. The fraction of sp³-hybridized carbons (Fsp3) is 0.0500. The Hall–Kier alpha value is -3.67. The van der Waals surface area contributed by atoms with Gasteiger partial charge < -0.3 is 16.4 Å². The highest BCUT2D eigenvalue weighted by Crippen LogP contribution is 2.27. The molecule has 2 amide bonds. The Bertz CT molecular complexity index is 938.